The predicted molar refractivity (Wildman–Crippen MR) is 81.6 cm³/mol. The smallest absolute Gasteiger partial charge is 0.325 e. The van der Waals surface area contributed by atoms with E-state index in [-0.39, 0.29) is 24.4 Å². The molecular weight excluding hydrogens is 319 g/mol. The minimum Gasteiger partial charge on any atom is -0.460 e. The summed E-state index contributed by atoms with van der Waals surface area (Å²) >= 11 is 0. The van der Waals surface area contributed by atoms with Crippen LogP contribution in [0.3, 0.4) is 0 Å². The maximum absolute atomic E-state index is 12.7. The van der Waals surface area contributed by atoms with E-state index in [4.69, 9.17) is 4.74 Å². The molecule has 1 amide bonds. The van der Waals surface area contributed by atoms with E-state index in [2.05, 4.69) is 5.32 Å². The molecule has 0 aliphatic heterocycles. The van der Waals surface area contributed by atoms with Crippen LogP contribution in [0.4, 0.5) is 10.1 Å². The molecule has 0 saturated heterocycles. The number of esters is 1. The molecule has 0 aromatic heterocycles. The first-order valence-corrected chi connectivity index (χ1v) is 6.88. The second kappa shape index (κ2) is 7.82. The van der Waals surface area contributed by atoms with Crippen molar-refractivity contribution in [2.75, 3.05) is 6.54 Å². The normalized spacial score (nSPS) is 10.0. The number of hydrogen-bond acceptors (Lipinski definition) is 5. The fourth-order valence-corrected chi connectivity index (χ4v) is 1.81. The van der Waals surface area contributed by atoms with Crippen LogP contribution in [0.15, 0.2) is 48.5 Å². The summed E-state index contributed by atoms with van der Waals surface area (Å²) in [5.41, 5.74) is 0.451. The van der Waals surface area contributed by atoms with Gasteiger partial charge in [0.2, 0.25) is 0 Å². The van der Waals surface area contributed by atoms with Gasteiger partial charge in [-0.05, 0) is 23.8 Å². The van der Waals surface area contributed by atoms with Crippen molar-refractivity contribution in [2.45, 2.75) is 6.61 Å². The van der Waals surface area contributed by atoms with Gasteiger partial charge in [0, 0.05) is 17.7 Å². The number of carbonyl (C=O) groups is 2. The summed E-state index contributed by atoms with van der Waals surface area (Å²) in [6.07, 6.45) is 0. The topological polar surface area (TPSA) is 98.5 Å². The predicted octanol–water partition coefficient (Wildman–Crippen LogP) is 2.21. The maximum atomic E-state index is 12.7. The van der Waals surface area contributed by atoms with E-state index >= 15 is 0 Å². The monoisotopic (exact) mass is 332 g/mol. The van der Waals surface area contributed by atoms with Crippen LogP contribution < -0.4 is 5.32 Å². The Morgan fingerprint density at radius 2 is 1.88 bits per heavy atom. The molecule has 2 rings (SSSR count). The van der Waals surface area contributed by atoms with Crippen molar-refractivity contribution in [3.63, 3.8) is 0 Å². The van der Waals surface area contributed by atoms with Crippen molar-refractivity contribution in [3.8, 4) is 0 Å². The number of hydrogen-bond donors (Lipinski definition) is 1. The van der Waals surface area contributed by atoms with Gasteiger partial charge in [-0.3, -0.25) is 19.7 Å². The molecule has 7 nitrogen and oxygen atoms in total. The summed E-state index contributed by atoms with van der Waals surface area (Å²) < 4.78 is 17.7. The molecule has 0 bridgehead atoms. The highest BCUT2D eigenvalue weighted by Crippen LogP contribution is 2.12. The molecule has 2 aromatic rings. The van der Waals surface area contributed by atoms with Crippen LogP contribution in [0, 0.1) is 15.9 Å². The molecule has 0 radical (unpaired) electrons. The van der Waals surface area contributed by atoms with E-state index in [1.165, 1.54) is 42.5 Å². The number of benzene rings is 2. The minimum atomic E-state index is -0.682. The quantitative estimate of drug-likeness (QED) is 0.497. The highest BCUT2D eigenvalue weighted by atomic mass is 19.1. The fourth-order valence-electron chi connectivity index (χ4n) is 1.81. The van der Waals surface area contributed by atoms with E-state index in [1.54, 1.807) is 0 Å². The Morgan fingerprint density at radius 3 is 2.54 bits per heavy atom. The number of nitro benzene ring substituents is 1. The lowest BCUT2D eigenvalue weighted by molar-refractivity contribution is -0.384. The van der Waals surface area contributed by atoms with E-state index in [0.29, 0.717) is 5.56 Å². The summed E-state index contributed by atoms with van der Waals surface area (Å²) in [5.74, 6) is -1.70. The van der Waals surface area contributed by atoms with Gasteiger partial charge in [-0.2, -0.15) is 0 Å². The minimum absolute atomic E-state index is 0.0498. The van der Waals surface area contributed by atoms with Crippen molar-refractivity contribution in [2.24, 2.45) is 0 Å². The molecule has 0 aliphatic carbocycles. The second-order valence-corrected chi connectivity index (χ2v) is 4.78. The number of ether oxygens (including phenoxy) is 1. The van der Waals surface area contributed by atoms with Gasteiger partial charge in [-0.15, -0.1) is 0 Å². The van der Waals surface area contributed by atoms with Crippen LogP contribution in [-0.4, -0.2) is 23.3 Å². The largest absolute Gasteiger partial charge is 0.460 e. The highest BCUT2D eigenvalue weighted by molar-refractivity contribution is 5.96. The number of nitro groups is 1. The van der Waals surface area contributed by atoms with Crippen LogP contribution in [0.5, 0.6) is 0 Å². The summed E-state index contributed by atoms with van der Waals surface area (Å²) in [4.78, 5) is 33.5. The van der Waals surface area contributed by atoms with Gasteiger partial charge in [0.1, 0.15) is 19.0 Å². The number of amides is 1. The number of rotatable bonds is 6. The zero-order chi connectivity index (χ0) is 17.5. The zero-order valence-electron chi connectivity index (χ0n) is 12.4. The van der Waals surface area contributed by atoms with Gasteiger partial charge in [-0.25, -0.2) is 4.39 Å². The molecule has 8 heteroatoms. The molecular formula is C16H13FN2O5. The zero-order valence-corrected chi connectivity index (χ0v) is 12.4. The van der Waals surface area contributed by atoms with E-state index in [9.17, 15) is 24.1 Å². The Hall–Kier alpha value is -3.29. The third kappa shape index (κ3) is 4.87. The van der Waals surface area contributed by atoms with E-state index in [1.807, 2.05) is 0 Å². The molecule has 0 atom stereocenters. The first-order valence-electron chi connectivity index (χ1n) is 6.88. The number of nitrogens with one attached hydrogen (secondary N) is 1. The lowest BCUT2D eigenvalue weighted by Crippen LogP contribution is -2.30. The number of non-ortho nitro benzene ring substituents is 1. The number of nitrogens with zero attached hydrogens (tertiary/aromatic N) is 1. The lowest BCUT2D eigenvalue weighted by atomic mass is 10.2. The fraction of sp³-hybridized carbons (Fsp3) is 0.125. The van der Waals surface area contributed by atoms with Crippen molar-refractivity contribution in [3.05, 3.63) is 75.6 Å². The molecule has 124 valence electrons. The second-order valence-electron chi connectivity index (χ2n) is 4.78. The first-order chi connectivity index (χ1) is 11.5. The maximum Gasteiger partial charge on any atom is 0.325 e. The highest BCUT2D eigenvalue weighted by Gasteiger charge is 2.13. The van der Waals surface area contributed by atoms with Crippen LogP contribution in [0.2, 0.25) is 0 Å². The van der Waals surface area contributed by atoms with Crippen molar-refractivity contribution >= 4 is 17.6 Å². The summed E-state index contributed by atoms with van der Waals surface area (Å²) in [6, 6.07) is 10.6. The van der Waals surface area contributed by atoms with Crippen LogP contribution in [0.1, 0.15) is 15.9 Å². The Bertz CT molecular complexity index is 761. The third-order valence-corrected chi connectivity index (χ3v) is 3.03. The SMILES string of the molecule is O=C(CNC(=O)c1cccc([N+](=O)[O-])c1)OCc1ccc(F)cc1. The molecule has 1 N–H and O–H groups in total. The van der Waals surface area contributed by atoms with Crippen LogP contribution in [-0.2, 0) is 16.1 Å². The molecule has 2 aromatic carbocycles. The molecule has 0 fully saturated rings. The summed E-state index contributed by atoms with van der Waals surface area (Å²) in [5, 5.41) is 13.0. The van der Waals surface area contributed by atoms with Crippen molar-refractivity contribution in [1.29, 1.82) is 0 Å². The van der Waals surface area contributed by atoms with Gasteiger partial charge in [-0.1, -0.05) is 18.2 Å². The Morgan fingerprint density at radius 1 is 1.17 bits per heavy atom. The van der Waals surface area contributed by atoms with Crippen molar-refractivity contribution < 1.29 is 23.6 Å². The standard InChI is InChI=1S/C16H13FN2O5/c17-13-6-4-11(5-7-13)10-24-15(20)9-18-16(21)12-2-1-3-14(8-12)19(22)23/h1-8H,9-10H2,(H,18,21). The van der Waals surface area contributed by atoms with Gasteiger partial charge < -0.3 is 10.1 Å². The summed E-state index contributed by atoms with van der Waals surface area (Å²) in [7, 11) is 0. The summed E-state index contributed by atoms with van der Waals surface area (Å²) in [6.45, 7) is -0.436. The van der Waals surface area contributed by atoms with Gasteiger partial charge in [0.25, 0.3) is 11.6 Å². The molecule has 0 heterocycles. The number of halogens is 1. The van der Waals surface area contributed by atoms with Crippen LogP contribution >= 0.6 is 0 Å². The molecule has 0 unspecified atom stereocenters. The Balaban J connectivity index is 1.82. The Kier molecular flexibility index (Phi) is 5.56. The third-order valence-electron chi connectivity index (χ3n) is 3.03. The molecule has 24 heavy (non-hydrogen) atoms. The first kappa shape index (κ1) is 17.1. The van der Waals surface area contributed by atoms with Gasteiger partial charge in [0.15, 0.2) is 0 Å². The van der Waals surface area contributed by atoms with E-state index in [0.717, 1.165) is 6.07 Å². The average molecular weight is 332 g/mol. The number of carbonyl (C=O) groups excluding carboxylic acids is 2. The molecule has 0 aliphatic rings. The van der Waals surface area contributed by atoms with Gasteiger partial charge in [0.05, 0.1) is 4.92 Å². The molecule has 0 spiro atoms. The van der Waals surface area contributed by atoms with Crippen LogP contribution in [0.25, 0.3) is 0 Å². The van der Waals surface area contributed by atoms with Crippen molar-refractivity contribution in [1.82, 2.24) is 5.32 Å². The lowest BCUT2D eigenvalue weighted by Gasteiger charge is -2.07. The van der Waals surface area contributed by atoms with E-state index < -0.39 is 22.6 Å². The molecule has 0 saturated carbocycles. The van der Waals surface area contributed by atoms with Gasteiger partial charge >= 0.3 is 5.97 Å². The average Bonchev–Trinajstić information content (AvgIpc) is 2.59. The Labute approximate surface area is 136 Å².